The van der Waals surface area contributed by atoms with Crippen molar-refractivity contribution in [2.45, 2.75) is 31.1 Å². The molecule has 5 heteroatoms. The zero-order valence-electron chi connectivity index (χ0n) is 12.0. The molecule has 1 saturated heterocycles. The highest BCUT2D eigenvalue weighted by Gasteiger charge is 2.44. The van der Waals surface area contributed by atoms with Crippen molar-refractivity contribution in [2.75, 3.05) is 19.6 Å². The topological polar surface area (TPSA) is 41.1 Å². The summed E-state index contributed by atoms with van der Waals surface area (Å²) in [7, 11) is 0. The van der Waals surface area contributed by atoms with Crippen molar-refractivity contribution in [1.82, 2.24) is 10.6 Å². The predicted octanol–water partition coefficient (Wildman–Crippen LogP) is 2.39. The fraction of sp³-hybridized carbons (Fsp3) is 0.562. The molecule has 3 nitrogen and oxygen atoms in total. The second kappa shape index (κ2) is 6.75. The third-order valence-electron chi connectivity index (χ3n) is 4.58. The highest BCUT2D eigenvalue weighted by molar-refractivity contribution is 5.85. The number of nitrogens with one attached hydrogen (secondary N) is 2. The number of piperidine rings is 1. The molecule has 2 aliphatic rings. The minimum Gasteiger partial charge on any atom is -0.355 e. The number of rotatable bonds is 4. The van der Waals surface area contributed by atoms with Gasteiger partial charge in [0.15, 0.2) is 0 Å². The summed E-state index contributed by atoms with van der Waals surface area (Å²) in [5.41, 5.74) is 1.19. The van der Waals surface area contributed by atoms with Gasteiger partial charge in [-0.15, -0.1) is 12.4 Å². The zero-order chi connectivity index (χ0) is 14.0. The van der Waals surface area contributed by atoms with E-state index in [2.05, 4.69) is 10.6 Å². The first kappa shape index (κ1) is 16.2. The molecule has 1 aromatic carbocycles. The molecule has 3 rings (SSSR count). The Bertz CT molecular complexity index is 482. The van der Waals surface area contributed by atoms with Crippen LogP contribution in [-0.2, 0) is 10.2 Å². The molecule has 21 heavy (non-hydrogen) atoms. The summed E-state index contributed by atoms with van der Waals surface area (Å²) in [4.78, 5) is 12.1. The minimum atomic E-state index is -0.207. The number of halogens is 2. The van der Waals surface area contributed by atoms with Crippen LogP contribution in [0.2, 0.25) is 0 Å². The Morgan fingerprint density at radius 1 is 1.33 bits per heavy atom. The number of hydrogen-bond donors (Lipinski definition) is 2. The Morgan fingerprint density at radius 2 is 2.05 bits per heavy atom. The van der Waals surface area contributed by atoms with Gasteiger partial charge >= 0.3 is 0 Å². The fourth-order valence-electron chi connectivity index (χ4n) is 3.00. The van der Waals surface area contributed by atoms with E-state index in [0.29, 0.717) is 6.54 Å². The molecule has 0 bridgehead atoms. The van der Waals surface area contributed by atoms with Gasteiger partial charge in [0.2, 0.25) is 5.91 Å². The van der Waals surface area contributed by atoms with Gasteiger partial charge in [-0.05, 0) is 49.9 Å². The van der Waals surface area contributed by atoms with Crippen LogP contribution in [0.5, 0.6) is 0 Å². The molecule has 116 valence electrons. The molecule has 0 aromatic heterocycles. The van der Waals surface area contributed by atoms with E-state index in [1.54, 1.807) is 0 Å². The van der Waals surface area contributed by atoms with E-state index in [4.69, 9.17) is 0 Å². The Hall–Kier alpha value is -1.13. The monoisotopic (exact) mass is 312 g/mol. The summed E-state index contributed by atoms with van der Waals surface area (Å²) in [5.74, 6) is 0.0558. The molecule has 2 fully saturated rings. The lowest BCUT2D eigenvalue weighted by Crippen LogP contribution is -2.42. The molecule has 0 spiro atoms. The third kappa shape index (κ3) is 3.74. The molecular formula is C16H22ClFN2O. The Kier molecular flexibility index (Phi) is 5.22. The summed E-state index contributed by atoms with van der Waals surface area (Å²) in [6.45, 7) is 2.48. The molecule has 1 unspecified atom stereocenters. The number of amides is 1. The van der Waals surface area contributed by atoms with E-state index >= 15 is 0 Å². The van der Waals surface area contributed by atoms with E-state index in [1.165, 1.54) is 12.1 Å². The smallest absolute Gasteiger partial charge is 0.224 e. The average Bonchev–Trinajstić information content (AvgIpc) is 3.27. The molecule has 1 amide bonds. The standard InChI is InChI=1S/C16H21FN2O.ClH/c17-14-5-3-13(4-6-14)16(7-8-16)11-19-15(20)12-2-1-9-18-10-12;/h3-6,12,18H,1-2,7-11H2,(H,19,20);1H. The second-order valence-electron chi connectivity index (χ2n) is 6.05. The van der Waals surface area contributed by atoms with Crippen LogP contribution in [0.3, 0.4) is 0 Å². The van der Waals surface area contributed by atoms with Crippen molar-refractivity contribution < 1.29 is 9.18 Å². The summed E-state index contributed by atoms with van der Waals surface area (Å²) in [6, 6.07) is 6.69. The Morgan fingerprint density at radius 3 is 2.62 bits per heavy atom. The van der Waals surface area contributed by atoms with Gasteiger partial charge in [0.25, 0.3) is 0 Å². The van der Waals surface area contributed by atoms with Gasteiger partial charge in [-0.3, -0.25) is 4.79 Å². The SMILES string of the molecule is Cl.O=C(NCC1(c2ccc(F)cc2)CC1)C1CCCNC1. The van der Waals surface area contributed by atoms with E-state index in [-0.39, 0.29) is 35.5 Å². The number of carbonyl (C=O) groups excluding carboxylic acids is 1. The lowest BCUT2D eigenvalue weighted by atomic mass is 9.94. The molecule has 1 heterocycles. The van der Waals surface area contributed by atoms with Gasteiger partial charge in [-0.1, -0.05) is 12.1 Å². The van der Waals surface area contributed by atoms with Gasteiger partial charge < -0.3 is 10.6 Å². The largest absolute Gasteiger partial charge is 0.355 e. The molecule has 0 radical (unpaired) electrons. The van der Waals surface area contributed by atoms with Crippen LogP contribution in [-0.4, -0.2) is 25.5 Å². The summed E-state index contributed by atoms with van der Waals surface area (Å²) in [5, 5.41) is 6.36. The number of hydrogen-bond acceptors (Lipinski definition) is 2. The van der Waals surface area contributed by atoms with Crippen molar-refractivity contribution in [1.29, 1.82) is 0 Å². The van der Waals surface area contributed by atoms with E-state index in [1.807, 2.05) is 12.1 Å². The first-order valence-electron chi connectivity index (χ1n) is 7.44. The predicted molar refractivity (Wildman–Crippen MR) is 83.2 cm³/mol. The first-order chi connectivity index (χ1) is 9.70. The van der Waals surface area contributed by atoms with Crippen molar-refractivity contribution in [2.24, 2.45) is 5.92 Å². The normalized spacial score (nSPS) is 23.0. The van der Waals surface area contributed by atoms with Crippen LogP contribution in [0.25, 0.3) is 0 Å². The maximum atomic E-state index is 13.0. The summed E-state index contributed by atoms with van der Waals surface area (Å²) in [6.07, 6.45) is 4.19. The Balaban J connectivity index is 0.00000161. The van der Waals surface area contributed by atoms with E-state index in [0.717, 1.165) is 44.3 Å². The van der Waals surface area contributed by atoms with Crippen LogP contribution >= 0.6 is 12.4 Å². The van der Waals surface area contributed by atoms with Gasteiger partial charge in [0, 0.05) is 18.5 Å². The lowest BCUT2D eigenvalue weighted by molar-refractivity contribution is -0.125. The van der Waals surface area contributed by atoms with Gasteiger partial charge in [0.1, 0.15) is 5.82 Å². The molecular weight excluding hydrogens is 291 g/mol. The maximum absolute atomic E-state index is 13.0. The summed E-state index contributed by atoms with van der Waals surface area (Å²) >= 11 is 0. The third-order valence-corrected chi connectivity index (χ3v) is 4.58. The second-order valence-corrected chi connectivity index (χ2v) is 6.05. The van der Waals surface area contributed by atoms with E-state index in [9.17, 15) is 9.18 Å². The highest BCUT2D eigenvalue weighted by atomic mass is 35.5. The van der Waals surface area contributed by atoms with Crippen LogP contribution in [0.1, 0.15) is 31.2 Å². The van der Waals surface area contributed by atoms with Crippen LogP contribution in [0.15, 0.2) is 24.3 Å². The summed E-state index contributed by atoms with van der Waals surface area (Å²) < 4.78 is 13.0. The first-order valence-corrected chi connectivity index (χ1v) is 7.44. The molecule has 1 aromatic rings. The van der Waals surface area contributed by atoms with Gasteiger partial charge in [-0.2, -0.15) is 0 Å². The molecule has 2 N–H and O–H groups in total. The van der Waals surface area contributed by atoms with E-state index < -0.39 is 0 Å². The van der Waals surface area contributed by atoms with Crippen molar-refractivity contribution in [3.63, 3.8) is 0 Å². The zero-order valence-corrected chi connectivity index (χ0v) is 12.8. The van der Waals surface area contributed by atoms with Crippen molar-refractivity contribution in [3.8, 4) is 0 Å². The van der Waals surface area contributed by atoms with Crippen molar-refractivity contribution in [3.05, 3.63) is 35.6 Å². The molecule has 1 aliphatic carbocycles. The average molecular weight is 313 g/mol. The molecule has 1 saturated carbocycles. The molecule has 1 aliphatic heterocycles. The molecule has 1 atom stereocenters. The number of benzene rings is 1. The van der Waals surface area contributed by atoms with Crippen LogP contribution in [0.4, 0.5) is 4.39 Å². The quantitative estimate of drug-likeness (QED) is 0.896. The van der Waals surface area contributed by atoms with Crippen LogP contribution < -0.4 is 10.6 Å². The minimum absolute atomic E-state index is 0. The van der Waals surface area contributed by atoms with Crippen LogP contribution in [0, 0.1) is 11.7 Å². The van der Waals surface area contributed by atoms with Gasteiger partial charge in [0.05, 0.1) is 5.92 Å². The number of carbonyl (C=O) groups is 1. The van der Waals surface area contributed by atoms with Gasteiger partial charge in [-0.25, -0.2) is 4.39 Å². The highest BCUT2D eigenvalue weighted by Crippen LogP contribution is 2.47. The Labute approximate surface area is 131 Å². The lowest BCUT2D eigenvalue weighted by Gasteiger charge is -2.24. The fourth-order valence-corrected chi connectivity index (χ4v) is 3.00. The van der Waals surface area contributed by atoms with Crippen molar-refractivity contribution >= 4 is 18.3 Å². The maximum Gasteiger partial charge on any atom is 0.224 e.